The Morgan fingerprint density at radius 2 is 1.97 bits per heavy atom. The number of ether oxygens (including phenoxy) is 1. The van der Waals surface area contributed by atoms with Crippen LogP contribution in [0, 0.1) is 17.2 Å². The average molecular weight is 463 g/mol. The molecule has 3 aromatic heterocycles. The number of carbonyl (C=O) groups is 1. The molecule has 0 unspecified atom stereocenters. The maximum absolute atomic E-state index is 12.9. The van der Waals surface area contributed by atoms with Gasteiger partial charge >= 0.3 is 0 Å². The molecule has 5 heterocycles. The molecule has 0 aliphatic carbocycles. The van der Waals surface area contributed by atoms with Crippen molar-refractivity contribution < 1.29 is 18.4 Å². The van der Waals surface area contributed by atoms with Crippen molar-refractivity contribution in [1.82, 2.24) is 15.3 Å². The van der Waals surface area contributed by atoms with E-state index in [0.29, 0.717) is 57.3 Å². The van der Waals surface area contributed by atoms with Gasteiger partial charge in [0.1, 0.15) is 11.9 Å². The third-order valence-corrected chi connectivity index (χ3v) is 6.23. The van der Waals surface area contributed by atoms with Crippen LogP contribution < -0.4 is 15.1 Å². The molecule has 3 aromatic rings. The van der Waals surface area contributed by atoms with E-state index < -0.39 is 0 Å². The minimum absolute atomic E-state index is 0.0331. The lowest BCUT2D eigenvalue weighted by atomic mass is 9.96. The molecule has 2 fully saturated rings. The fraction of sp³-hybridized carbons (Fsp3) is 0.417. The molecule has 34 heavy (non-hydrogen) atoms. The predicted octanol–water partition coefficient (Wildman–Crippen LogP) is 2.57. The molecule has 2 aliphatic heterocycles. The van der Waals surface area contributed by atoms with Gasteiger partial charge < -0.3 is 28.7 Å². The minimum Gasteiger partial charge on any atom is -0.459 e. The zero-order valence-electron chi connectivity index (χ0n) is 18.8. The average Bonchev–Trinajstić information content (AvgIpc) is 3.58. The third kappa shape index (κ3) is 4.61. The molecule has 10 nitrogen and oxygen atoms in total. The van der Waals surface area contributed by atoms with Crippen LogP contribution in [0.1, 0.15) is 24.1 Å². The number of pyridine rings is 1. The van der Waals surface area contributed by atoms with Crippen LogP contribution >= 0.6 is 0 Å². The lowest BCUT2D eigenvalue weighted by molar-refractivity contribution is -0.125. The summed E-state index contributed by atoms with van der Waals surface area (Å²) in [6.07, 6.45) is 4.64. The summed E-state index contributed by atoms with van der Waals surface area (Å²) in [6.45, 7) is 4.60. The molecule has 176 valence electrons. The van der Waals surface area contributed by atoms with Gasteiger partial charge in [-0.3, -0.25) is 4.79 Å². The number of anilines is 2. The summed E-state index contributed by atoms with van der Waals surface area (Å²) in [4.78, 5) is 25.9. The first-order chi connectivity index (χ1) is 16.7. The number of nitrogens with one attached hydrogen (secondary N) is 1. The lowest BCUT2D eigenvalue weighted by Crippen LogP contribution is -2.41. The Labute approximate surface area is 197 Å². The van der Waals surface area contributed by atoms with Gasteiger partial charge in [-0.25, -0.2) is 4.98 Å². The highest BCUT2D eigenvalue weighted by molar-refractivity contribution is 5.79. The van der Waals surface area contributed by atoms with Crippen molar-refractivity contribution in [2.24, 2.45) is 5.92 Å². The van der Waals surface area contributed by atoms with Crippen LogP contribution in [-0.2, 0) is 16.1 Å². The summed E-state index contributed by atoms with van der Waals surface area (Å²) in [5.74, 6) is 2.03. The van der Waals surface area contributed by atoms with Crippen molar-refractivity contribution in [2.75, 3.05) is 49.2 Å². The normalized spacial score (nSPS) is 16.9. The third-order valence-electron chi connectivity index (χ3n) is 6.23. The first kappa shape index (κ1) is 22.0. The number of furan rings is 1. The highest BCUT2D eigenvalue weighted by Gasteiger charge is 2.29. The van der Waals surface area contributed by atoms with Gasteiger partial charge in [-0.15, -0.1) is 0 Å². The number of rotatable bonds is 6. The van der Waals surface area contributed by atoms with Gasteiger partial charge in [0.25, 0.3) is 5.89 Å². The molecule has 0 aromatic carbocycles. The summed E-state index contributed by atoms with van der Waals surface area (Å²) in [7, 11) is 0. The SMILES string of the molecule is N#Cc1nc(-c2ccco2)oc1N1CCC(C(=O)NCc2cccnc2N2CCOCC2)CC1. The van der Waals surface area contributed by atoms with Crippen LogP contribution in [-0.4, -0.2) is 55.3 Å². The largest absolute Gasteiger partial charge is 0.459 e. The fourth-order valence-electron chi connectivity index (χ4n) is 4.40. The topological polar surface area (TPSA) is 121 Å². The van der Waals surface area contributed by atoms with E-state index in [4.69, 9.17) is 13.6 Å². The molecule has 0 spiro atoms. The second-order valence-electron chi connectivity index (χ2n) is 8.33. The fourth-order valence-corrected chi connectivity index (χ4v) is 4.40. The van der Waals surface area contributed by atoms with Crippen molar-refractivity contribution in [3.8, 4) is 17.7 Å². The smallest absolute Gasteiger partial charge is 0.266 e. The number of morpholine rings is 1. The van der Waals surface area contributed by atoms with Gasteiger partial charge in [0.15, 0.2) is 5.76 Å². The highest BCUT2D eigenvalue weighted by Crippen LogP contribution is 2.31. The van der Waals surface area contributed by atoms with Crippen LogP contribution in [0.15, 0.2) is 45.6 Å². The minimum atomic E-state index is -0.0993. The van der Waals surface area contributed by atoms with Crippen molar-refractivity contribution in [2.45, 2.75) is 19.4 Å². The van der Waals surface area contributed by atoms with Crippen LogP contribution in [0.4, 0.5) is 11.7 Å². The van der Waals surface area contributed by atoms with E-state index in [1.807, 2.05) is 17.0 Å². The predicted molar refractivity (Wildman–Crippen MR) is 123 cm³/mol. The number of hydrogen-bond acceptors (Lipinski definition) is 9. The second-order valence-corrected chi connectivity index (χ2v) is 8.33. The standard InChI is InChI=1S/C24H26N6O4/c25-15-19-24(34-23(28-19)20-4-2-12-33-20)30-8-5-17(6-9-30)22(31)27-16-18-3-1-7-26-21(18)29-10-13-32-14-11-29/h1-4,7,12,17H,5-6,8-11,13-14,16H2,(H,27,31). The molecule has 0 saturated carbocycles. The number of nitrogens with zero attached hydrogens (tertiary/aromatic N) is 5. The van der Waals surface area contributed by atoms with E-state index in [-0.39, 0.29) is 23.4 Å². The van der Waals surface area contributed by atoms with Crippen molar-refractivity contribution in [1.29, 1.82) is 5.26 Å². The van der Waals surface area contributed by atoms with Gasteiger partial charge in [-0.05, 0) is 31.0 Å². The molecular formula is C24H26N6O4. The molecule has 5 rings (SSSR count). The van der Waals surface area contributed by atoms with E-state index in [0.717, 1.165) is 24.5 Å². The lowest BCUT2D eigenvalue weighted by Gasteiger charge is -2.31. The summed E-state index contributed by atoms with van der Waals surface area (Å²) in [5, 5.41) is 12.6. The zero-order chi connectivity index (χ0) is 23.3. The van der Waals surface area contributed by atoms with E-state index in [2.05, 4.69) is 26.3 Å². The summed E-state index contributed by atoms with van der Waals surface area (Å²) >= 11 is 0. The van der Waals surface area contributed by atoms with E-state index in [1.54, 1.807) is 18.3 Å². The molecule has 0 bridgehead atoms. The number of amides is 1. The first-order valence-electron chi connectivity index (χ1n) is 11.5. The van der Waals surface area contributed by atoms with E-state index in [9.17, 15) is 10.1 Å². The Kier molecular flexibility index (Phi) is 6.44. The van der Waals surface area contributed by atoms with Crippen molar-refractivity contribution >= 4 is 17.6 Å². The number of nitriles is 1. The van der Waals surface area contributed by atoms with Crippen molar-refractivity contribution in [3.63, 3.8) is 0 Å². The number of oxazole rings is 1. The molecule has 2 saturated heterocycles. The van der Waals surface area contributed by atoms with Crippen LogP contribution in [0.3, 0.4) is 0 Å². The van der Waals surface area contributed by atoms with E-state index in [1.165, 1.54) is 6.26 Å². The molecule has 1 amide bonds. The maximum atomic E-state index is 12.9. The Bertz CT molecular complexity index is 1150. The molecular weight excluding hydrogens is 436 g/mol. The zero-order valence-corrected chi connectivity index (χ0v) is 18.8. The Morgan fingerprint density at radius 3 is 2.71 bits per heavy atom. The van der Waals surface area contributed by atoms with Crippen LogP contribution in [0.2, 0.25) is 0 Å². The van der Waals surface area contributed by atoms with Crippen molar-refractivity contribution in [3.05, 3.63) is 48.0 Å². The van der Waals surface area contributed by atoms with Gasteiger partial charge in [-0.1, -0.05) is 6.07 Å². The Balaban J connectivity index is 1.18. The van der Waals surface area contributed by atoms with Gasteiger partial charge in [0, 0.05) is 50.4 Å². The molecule has 1 N–H and O–H groups in total. The number of aromatic nitrogens is 2. The summed E-state index contributed by atoms with van der Waals surface area (Å²) in [6, 6.07) is 9.47. The quantitative estimate of drug-likeness (QED) is 0.589. The van der Waals surface area contributed by atoms with E-state index >= 15 is 0 Å². The monoisotopic (exact) mass is 462 g/mol. The van der Waals surface area contributed by atoms with Gasteiger partial charge in [-0.2, -0.15) is 10.2 Å². The number of hydrogen-bond donors (Lipinski definition) is 1. The first-order valence-corrected chi connectivity index (χ1v) is 11.5. The molecule has 0 radical (unpaired) electrons. The molecule has 2 aliphatic rings. The van der Waals surface area contributed by atoms with Crippen LogP contribution in [0.5, 0.6) is 0 Å². The van der Waals surface area contributed by atoms with Crippen LogP contribution in [0.25, 0.3) is 11.7 Å². The second kappa shape index (κ2) is 9.97. The summed E-state index contributed by atoms with van der Waals surface area (Å²) < 4.78 is 16.6. The van der Waals surface area contributed by atoms with Gasteiger partial charge in [0.2, 0.25) is 17.5 Å². The molecule has 10 heteroatoms. The summed E-state index contributed by atoms with van der Waals surface area (Å²) in [5.41, 5.74) is 1.22. The highest BCUT2D eigenvalue weighted by atomic mass is 16.5. The maximum Gasteiger partial charge on any atom is 0.266 e. The number of piperidine rings is 1. The Hall–Kier alpha value is -3.84. The Morgan fingerprint density at radius 1 is 1.15 bits per heavy atom. The molecule has 0 atom stereocenters. The number of carbonyl (C=O) groups excluding carboxylic acids is 1. The van der Waals surface area contributed by atoms with Gasteiger partial charge in [0.05, 0.1) is 19.5 Å².